The second-order valence-electron chi connectivity index (χ2n) is 6.75. The van der Waals surface area contributed by atoms with Crippen molar-refractivity contribution >= 4 is 23.1 Å². The molecule has 0 radical (unpaired) electrons. The van der Waals surface area contributed by atoms with E-state index in [1.165, 1.54) is 24.7 Å². The van der Waals surface area contributed by atoms with Gasteiger partial charge >= 0.3 is 0 Å². The first-order chi connectivity index (χ1) is 14.5. The monoisotopic (exact) mass is 410 g/mol. The van der Waals surface area contributed by atoms with Crippen molar-refractivity contribution < 1.29 is 23.8 Å². The smallest absolute Gasteiger partial charge is 0.278 e. The van der Waals surface area contributed by atoms with Crippen LogP contribution in [0.1, 0.15) is 18.1 Å². The molecule has 158 valence electrons. The van der Waals surface area contributed by atoms with E-state index in [1.54, 1.807) is 25.3 Å². The van der Waals surface area contributed by atoms with E-state index in [2.05, 4.69) is 12.2 Å². The first-order valence-corrected chi connectivity index (χ1v) is 9.71. The second kappa shape index (κ2) is 9.45. The van der Waals surface area contributed by atoms with Gasteiger partial charge in [0, 0.05) is 12.8 Å². The van der Waals surface area contributed by atoms with Gasteiger partial charge in [-0.2, -0.15) is 0 Å². The number of hydrogen-bond acceptors (Lipinski definition) is 6. The zero-order chi connectivity index (χ0) is 21.7. The summed E-state index contributed by atoms with van der Waals surface area (Å²) in [4.78, 5) is 27.4. The third kappa shape index (κ3) is 4.16. The quantitative estimate of drug-likeness (QED) is 0.640. The van der Waals surface area contributed by atoms with Gasteiger partial charge in [0.05, 0.1) is 32.9 Å². The zero-order valence-corrected chi connectivity index (χ0v) is 17.7. The summed E-state index contributed by atoms with van der Waals surface area (Å²) in [5, 5.41) is 3.15. The second-order valence-corrected chi connectivity index (χ2v) is 6.75. The van der Waals surface area contributed by atoms with Gasteiger partial charge in [0.15, 0.2) is 11.5 Å². The molecule has 30 heavy (non-hydrogen) atoms. The lowest BCUT2D eigenvalue weighted by Gasteiger charge is -2.14. The van der Waals surface area contributed by atoms with E-state index in [0.717, 1.165) is 12.1 Å². The highest BCUT2D eigenvalue weighted by Crippen LogP contribution is 2.35. The molecule has 7 nitrogen and oxygen atoms in total. The van der Waals surface area contributed by atoms with Crippen LogP contribution in [0.3, 0.4) is 0 Å². The molecule has 1 aliphatic rings. The predicted octanol–water partition coefficient (Wildman–Crippen LogP) is 3.10. The summed E-state index contributed by atoms with van der Waals surface area (Å²) in [6, 6.07) is 12.9. The van der Waals surface area contributed by atoms with Crippen molar-refractivity contribution in [2.45, 2.75) is 13.3 Å². The summed E-state index contributed by atoms with van der Waals surface area (Å²) < 4.78 is 15.7. The maximum atomic E-state index is 13.2. The lowest BCUT2D eigenvalue weighted by molar-refractivity contribution is -0.137. The van der Waals surface area contributed by atoms with Crippen molar-refractivity contribution in [1.82, 2.24) is 4.90 Å². The molecule has 0 saturated carbocycles. The van der Waals surface area contributed by atoms with E-state index >= 15 is 0 Å². The van der Waals surface area contributed by atoms with Crippen LogP contribution in [-0.4, -0.2) is 51.2 Å². The number of aryl methyl sites for hydroxylation is 1. The van der Waals surface area contributed by atoms with E-state index < -0.39 is 0 Å². The van der Waals surface area contributed by atoms with Crippen LogP contribution in [-0.2, 0) is 20.7 Å². The number of amides is 2. The molecule has 0 fully saturated rings. The highest BCUT2D eigenvalue weighted by molar-refractivity contribution is 6.36. The van der Waals surface area contributed by atoms with Gasteiger partial charge < -0.3 is 19.5 Å². The Hall–Kier alpha value is -3.32. The van der Waals surface area contributed by atoms with Crippen LogP contribution in [0.15, 0.2) is 48.2 Å². The number of anilines is 1. The molecule has 7 heteroatoms. The molecule has 2 aromatic rings. The number of carbonyl (C=O) groups excluding carboxylic acids is 2. The molecule has 1 N–H and O–H groups in total. The Morgan fingerprint density at radius 2 is 1.60 bits per heavy atom. The average molecular weight is 410 g/mol. The Bertz CT molecular complexity index is 966. The first-order valence-electron chi connectivity index (χ1n) is 9.71. The summed E-state index contributed by atoms with van der Waals surface area (Å²) >= 11 is 0. The van der Waals surface area contributed by atoms with Crippen LogP contribution in [0.2, 0.25) is 0 Å². The van der Waals surface area contributed by atoms with Crippen molar-refractivity contribution in [3.8, 4) is 11.5 Å². The molecule has 0 unspecified atom stereocenters. The molecular formula is C23H26N2O5. The number of hydrogen-bond donors (Lipinski definition) is 1. The fraction of sp³-hybridized carbons (Fsp3) is 0.304. The molecule has 0 bridgehead atoms. The molecule has 1 heterocycles. The van der Waals surface area contributed by atoms with Gasteiger partial charge in [-0.3, -0.25) is 14.5 Å². The van der Waals surface area contributed by atoms with Gasteiger partial charge in [0.1, 0.15) is 5.70 Å². The molecule has 0 spiro atoms. The SMILES string of the molecule is CCc1ccc(NC2=C(c3ccc(OC)c(OC)c3)C(=O)N(CCOC)C2=O)cc1. The molecule has 3 rings (SSSR count). The van der Waals surface area contributed by atoms with Gasteiger partial charge in [0.2, 0.25) is 0 Å². The molecule has 1 aliphatic heterocycles. The summed E-state index contributed by atoms with van der Waals surface area (Å²) in [6.07, 6.45) is 0.919. The lowest BCUT2D eigenvalue weighted by Crippen LogP contribution is -2.35. The van der Waals surface area contributed by atoms with Crippen molar-refractivity contribution in [3.05, 3.63) is 59.3 Å². The molecule has 0 aromatic heterocycles. The van der Waals surface area contributed by atoms with Crippen LogP contribution in [0.5, 0.6) is 11.5 Å². The van der Waals surface area contributed by atoms with Crippen molar-refractivity contribution in [3.63, 3.8) is 0 Å². The largest absolute Gasteiger partial charge is 0.493 e. The third-order valence-corrected chi connectivity index (χ3v) is 4.99. The number of imide groups is 1. The van der Waals surface area contributed by atoms with Crippen LogP contribution in [0.4, 0.5) is 5.69 Å². The maximum absolute atomic E-state index is 13.2. The van der Waals surface area contributed by atoms with Gasteiger partial charge in [-0.1, -0.05) is 25.1 Å². The average Bonchev–Trinajstić information content (AvgIpc) is 3.01. The molecular weight excluding hydrogens is 384 g/mol. The van der Waals surface area contributed by atoms with Crippen molar-refractivity contribution in [2.75, 3.05) is 39.8 Å². The Labute approximate surface area is 176 Å². The Kier molecular flexibility index (Phi) is 6.74. The molecule has 0 atom stereocenters. The maximum Gasteiger partial charge on any atom is 0.278 e. The van der Waals surface area contributed by atoms with Gasteiger partial charge in [-0.05, 0) is 41.8 Å². The zero-order valence-electron chi connectivity index (χ0n) is 17.7. The number of methoxy groups -OCH3 is 3. The lowest BCUT2D eigenvalue weighted by atomic mass is 10.0. The number of benzene rings is 2. The van der Waals surface area contributed by atoms with Gasteiger partial charge in [-0.15, -0.1) is 0 Å². The van der Waals surface area contributed by atoms with Crippen molar-refractivity contribution in [2.24, 2.45) is 0 Å². The molecule has 0 aliphatic carbocycles. The Balaban J connectivity index is 2.05. The summed E-state index contributed by atoms with van der Waals surface area (Å²) in [6.45, 7) is 2.51. The Morgan fingerprint density at radius 3 is 2.20 bits per heavy atom. The van der Waals surface area contributed by atoms with E-state index in [-0.39, 0.29) is 36.2 Å². The minimum atomic E-state index is -0.388. The molecule has 2 aromatic carbocycles. The van der Waals surface area contributed by atoms with Crippen LogP contribution in [0.25, 0.3) is 5.57 Å². The van der Waals surface area contributed by atoms with Gasteiger partial charge in [-0.25, -0.2) is 0 Å². The molecule has 2 amide bonds. The normalized spacial score (nSPS) is 13.8. The molecule has 0 saturated heterocycles. The summed E-state index contributed by atoms with van der Waals surface area (Å²) in [5.41, 5.74) is 3.00. The number of nitrogens with zero attached hydrogens (tertiary/aromatic N) is 1. The number of carbonyl (C=O) groups is 2. The fourth-order valence-corrected chi connectivity index (χ4v) is 3.31. The van der Waals surface area contributed by atoms with E-state index in [0.29, 0.717) is 17.1 Å². The summed E-state index contributed by atoms with van der Waals surface area (Å²) in [7, 11) is 4.60. The van der Waals surface area contributed by atoms with Crippen LogP contribution in [0, 0.1) is 0 Å². The minimum Gasteiger partial charge on any atom is -0.493 e. The van der Waals surface area contributed by atoms with E-state index in [4.69, 9.17) is 14.2 Å². The van der Waals surface area contributed by atoms with Gasteiger partial charge in [0.25, 0.3) is 11.8 Å². The minimum absolute atomic E-state index is 0.172. The number of nitrogens with one attached hydrogen (secondary N) is 1. The third-order valence-electron chi connectivity index (χ3n) is 4.99. The number of ether oxygens (including phenoxy) is 3. The van der Waals surface area contributed by atoms with Crippen LogP contribution < -0.4 is 14.8 Å². The first kappa shape index (κ1) is 21.4. The van der Waals surface area contributed by atoms with E-state index in [1.807, 2.05) is 24.3 Å². The van der Waals surface area contributed by atoms with Crippen LogP contribution >= 0.6 is 0 Å². The predicted molar refractivity (Wildman–Crippen MR) is 115 cm³/mol. The summed E-state index contributed by atoms with van der Waals surface area (Å²) in [5.74, 6) is 0.252. The topological polar surface area (TPSA) is 77.1 Å². The standard InChI is InChI=1S/C23H26N2O5/c1-5-15-6-9-17(10-7-15)24-21-20(22(26)25(23(21)27)12-13-28-2)16-8-11-18(29-3)19(14-16)30-4/h6-11,14,24H,5,12-13H2,1-4H3. The highest BCUT2D eigenvalue weighted by atomic mass is 16.5. The highest BCUT2D eigenvalue weighted by Gasteiger charge is 2.39. The van der Waals surface area contributed by atoms with E-state index in [9.17, 15) is 9.59 Å². The Morgan fingerprint density at radius 1 is 0.900 bits per heavy atom. The number of rotatable bonds is 9. The fourth-order valence-electron chi connectivity index (χ4n) is 3.31. The van der Waals surface area contributed by atoms with Crippen molar-refractivity contribution in [1.29, 1.82) is 0 Å².